The molecule has 1 radical (unpaired) electrons. The van der Waals surface area contributed by atoms with Crippen LogP contribution in [-0.2, 0) is 14.8 Å². The zero-order chi connectivity index (χ0) is 14.6. The number of nitrogens with zero attached hydrogens (tertiary/aromatic N) is 1. The first-order chi connectivity index (χ1) is 8.72. The highest BCUT2D eigenvalue weighted by Crippen LogP contribution is 2.16. The van der Waals surface area contributed by atoms with E-state index in [1.54, 1.807) is 0 Å². The lowest BCUT2D eigenvalue weighted by molar-refractivity contribution is -0.120. The molecule has 0 fully saturated rings. The molecule has 1 aromatic carbocycles. The van der Waals surface area contributed by atoms with Crippen LogP contribution in [0.25, 0.3) is 0 Å². The van der Waals surface area contributed by atoms with Crippen LogP contribution in [0.3, 0.4) is 0 Å². The van der Waals surface area contributed by atoms with Gasteiger partial charge in [-0.05, 0) is 36.6 Å². The third-order valence-corrected chi connectivity index (χ3v) is 4.05. The second kappa shape index (κ2) is 6.36. The number of halogens is 1. The molecule has 0 aromatic heterocycles. The normalized spacial score (nSPS) is 13.5. The van der Waals surface area contributed by atoms with Crippen molar-refractivity contribution in [3.8, 4) is 0 Å². The summed E-state index contributed by atoms with van der Waals surface area (Å²) in [5.74, 6) is -0.632. The molecular weight excluding hydrogens is 288 g/mol. The number of nitrogens with two attached hydrogens (primary N) is 1. The lowest BCUT2D eigenvalue weighted by atomic mass is 10.0. The van der Waals surface area contributed by atoms with E-state index in [0.717, 1.165) is 0 Å². The van der Waals surface area contributed by atoms with Gasteiger partial charge in [-0.15, -0.1) is 4.72 Å². The Hall–Kier alpha value is -1.11. The maximum absolute atomic E-state index is 12.0. The molecule has 1 rings (SSSR count). The van der Waals surface area contributed by atoms with E-state index in [-0.39, 0.29) is 10.8 Å². The van der Waals surface area contributed by atoms with Crippen LogP contribution in [0.2, 0.25) is 5.02 Å². The monoisotopic (exact) mass is 303 g/mol. The maximum atomic E-state index is 12.0. The van der Waals surface area contributed by atoms with E-state index >= 15 is 0 Å². The number of sulfonamides is 1. The van der Waals surface area contributed by atoms with Crippen LogP contribution in [0.4, 0.5) is 0 Å². The first-order valence-corrected chi connectivity index (χ1v) is 7.56. The highest BCUT2D eigenvalue weighted by Gasteiger charge is 2.26. The zero-order valence-corrected chi connectivity index (χ0v) is 12.3. The predicted molar refractivity (Wildman–Crippen MR) is 73.2 cm³/mol. The minimum atomic E-state index is -3.90. The van der Waals surface area contributed by atoms with Gasteiger partial charge in [0.1, 0.15) is 6.04 Å². The lowest BCUT2D eigenvalue weighted by Crippen LogP contribution is -2.40. The predicted octanol–water partition coefficient (Wildman–Crippen LogP) is 1.53. The second-order valence-electron chi connectivity index (χ2n) is 4.58. The average molecular weight is 304 g/mol. The molecule has 0 aliphatic rings. The number of hydrogen-bond acceptors (Lipinski definition) is 3. The number of carbonyl (C=O) groups is 1. The van der Waals surface area contributed by atoms with Gasteiger partial charge in [0.05, 0.1) is 4.90 Å². The molecule has 0 aliphatic heterocycles. The Kier molecular flexibility index (Phi) is 5.34. The average Bonchev–Trinajstić information content (AvgIpc) is 2.27. The molecule has 0 saturated carbocycles. The quantitative estimate of drug-likeness (QED) is 0.864. The van der Waals surface area contributed by atoms with E-state index in [1.165, 1.54) is 24.3 Å². The van der Waals surface area contributed by atoms with Gasteiger partial charge < -0.3 is 5.73 Å². The van der Waals surface area contributed by atoms with Crippen molar-refractivity contribution in [2.75, 3.05) is 0 Å². The molecule has 7 heteroatoms. The summed E-state index contributed by atoms with van der Waals surface area (Å²) in [6, 6.07) is 4.54. The van der Waals surface area contributed by atoms with Crippen LogP contribution in [0.5, 0.6) is 0 Å². The molecule has 2 N–H and O–H groups in total. The van der Waals surface area contributed by atoms with Gasteiger partial charge in [-0.3, -0.25) is 4.79 Å². The molecule has 0 spiro atoms. The standard InChI is InChI=1S/C12H16ClN2O3S/c1-8(2)7-11(12(14)16)15-19(17,18)10-5-3-9(13)4-6-10/h3-6,8,11H,7H2,1-2H3,(H2,14,16)/t11-/m1/s1. The van der Waals surface area contributed by atoms with E-state index in [9.17, 15) is 13.2 Å². The highest BCUT2D eigenvalue weighted by molar-refractivity contribution is 7.89. The third-order valence-electron chi connectivity index (χ3n) is 2.40. The van der Waals surface area contributed by atoms with E-state index < -0.39 is 22.0 Å². The summed E-state index contributed by atoms with van der Waals surface area (Å²) in [6.07, 6.45) is 0.294. The van der Waals surface area contributed by atoms with E-state index in [1.807, 2.05) is 13.8 Å². The van der Waals surface area contributed by atoms with Crippen molar-refractivity contribution in [2.45, 2.75) is 31.2 Å². The Morgan fingerprint density at radius 2 is 1.84 bits per heavy atom. The van der Waals surface area contributed by atoms with Crippen molar-refractivity contribution in [3.63, 3.8) is 0 Å². The third kappa shape index (κ3) is 4.81. The molecule has 0 unspecified atom stereocenters. The van der Waals surface area contributed by atoms with Gasteiger partial charge in [0.25, 0.3) is 10.0 Å². The van der Waals surface area contributed by atoms with Gasteiger partial charge in [0.2, 0.25) is 5.91 Å². The minimum Gasteiger partial charge on any atom is -0.368 e. The summed E-state index contributed by atoms with van der Waals surface area (Å²) in [5.41, 5.74) is 5.18. The smallest absolute Gasteiger partial charge is 0.257 e. The summed E-state index contributed by atoms with van der Waals surface area (Å²) < 4.78 is 27.6. The number of primary amides is 1. The van der Waals surface area contributed by atoms with Crippen LogP contribution in [0.15, 0.2) is 29.2 Å². The van der Waals surface area contributed by atoms with E-state index in [4.69, 9.17) is 17.3 Å². The van der Waals surface area contributed by atoms with Crippen LogP contribution < -0.4 is 10.5 Å². The number of rotatable bonds is 6. The molecule has 5 nitrogen and oxygen atoms in total. The van der Waals surface area contributed by atoms with E-state index in [0.29, 0.717) is 11.4 Å². The first-order valence-electron chi connectivity index (χ1n) is 5.74. The Labute approximate surface area is 118 Å². The Morgan fingerprint density at radius 3 is 2.26 bits per heavy atom. The summed E-state index contributed by atoms with van der Waals surface area (Å²) >= 11 is 5.69. The van der Waals surface area contributed by atoms with Gasteiger partial charge in [0, 0.05) is 5.02 Å². The van der Waals surface area contributed by atoms with Crippen LogP contribution in [-0.4, -0.2) is 20.4 Å². The fourth-order valence-electron chi connectivity index (χ4n) is 1.49. The molecular formula is C12H16ClN2O3S. The van der Waals surface area contributed by atoms with E-state index in [2.05, 4.69) is 4.72 Å². The van der Waals surface area contributed by atoms with Crippen molar-refractivity contribution < 1.29 is 13.2 Å². The molecule has 0 saturated heterocycles. The van der Waals surface area contributed by atoms with Gasteiger partial charge in [-0.2, -0.15) is 0 Å². The van der Waals surface area contributed by atoms with Gasteiger partial charge in [-0.25, -0.2) is 8.42 Å². The second-order valence-corrected chi connectivity index (χ2v) is 6.65. The number of amides is 1. The van der Waals surface area contributed by atoms with Crippen molar-refractivity contribution >= 4 is 27.5 Å². The van der Waals surface area contributed by atoms with Gasteiger partial charge in [0.15, 0.2) is 0 Å². The topological polar surface area (TPSA) is 91.3 Å². The molecule has 0 bridgehead atoms. The van der Waals surface area contributed by atoms with Crippen molar-refractivity contribution in [3.05, 3.63) is 29.3 Å². The number of hydrogen-bond donors (Lipinski definition) is 1. The van der Waals surface area contributed by atoms with Crippen molar-refractivity contribution in [2.24, 2.45) is 11.7 Å². The lowest BCUT2D eigenvalue weighted by Gasteiger charge is -2.15. The largest absolute Gasteiger partial charge is 0.368 e. The first kappa shape index (κ1) is 15.9. The number of carbonyl (C=O) groups excluding carboxylic acids is 1. The summed E-state index contributed by atoms with van der Waals surface area (Å²) in [6.45, 7) is 3.72. The zero-order valence-electron chi connectivity index (χ0n) is 10.7. The Bertz CT molecular complexity index is 541. The van der Waals surface area contributed by atoms with Gasteiger partial charge in [-0.1, -0.05) is 25.4 Å². The molecule has 1 amide bonds. The summed E-state index contributed by atoms with van der Waals surface area (Å²) in [7, 11) is -3.90. The molecule has 1 aromatic rings. The molecule has 105 valence electrons. The summed E-state index contributed by atoms with van der Waals surface area (Å²) in [4.78, 5) is 11.2. The molecule has 19 heavy (non-hydrogen) atoms. The van der Waals surface area contributed by atoms with Gasteiger partial charge >= 0.3 is 0 Å². The highest BCUT2D eigenvalue weighted by atomic mass is 35.5. The van der Waals surface area contributed by atoms with Crippen LogP contribution >= 0.6 is 11.6 Å². The van der Waals surface area contributed by atoms with Crippen molar-refractivity contribution in [1.82, 2.24) is 4.72 Å². The summed E-state index contributed by atoms with van der Waals surface area (Å²) in [5, 5.41) is 0.424. The van der Waals surface area contributed by atoms with Crippen LogP contribution in [0.1, 0.15) is 20.3 Å². The SMILES string of the molecule is CC(C)C[C@@H]([N]S(=O)(=O)c1ccc(Cl)cc1)C(N)=O. The minimum absolute atomic E-state index is 0.00749. The maximum Gasteiger partial charge on any atom is 0.257 e. The molecule has 1 atom stereocenters. The fraction of sp³-hybridized carbons (Fsp3) is 0.417. The molecule has 0 heterocycles. The Balaban J connectivity index is 2.94. The van der Waals surface area contributed by atoms with Crippen molar-refractivity contribution in [1.29, 1.82) is 0 Å². The fourth-order valence-corrected chi connectivity index (χ4v) is 2.75. The number of benzene rings is 1. The molecule has 0 aliphatic carbocycles. The van der Waals surface area contributed by atoms with Crippen LogP contribution in [0, 0.1) is 5.92 Å². The Morgan fingerprint density at radius 1 is 1.32 bits per heavy atom.